The molecule has 22 heavy (non-hydrogen) atoms. The number of rotatable bonds is 3. The molecular weight excluding hydrogens is 313 g/mol. The van der Waals surface area contributed by atoms with E-state index < -0.39 is 0 Å². The maximum Gasteiger partial charge on any atom is 0.0708 e. The van der Waals surface area contributed by atoms with E-state index >= 15 is 0 Å². The van der Waals surface area contributed by atoms with Crippen LogP contribution in [0.5, 0.6) is 0 Å². The molecule has 0 aliphatic rings. The Morgan fingerprint density at radius 1 is 0.682 bits per heavy atom. The number of halogens is 2. The predicted octanol–water partition coefficient (Wildman–Crippen LogP) is 6.41. The van der Waals surface area contributed by atoms with Crippen molar-refractivity contribution in [3.8, 4) is 11.1 Å². The first-order valence-corrected chi connectivity index (χ1v) is 7.64. The molecule has 0 amide bonds. The number of benzene rings is 3. The van der Waals surface area contributed by atoms with E-state index in [1.54, 1.807) is 18.3 Å². The molecule has 0 bridgehead atoms. The minimum absolute atomic E-state index is 0.591. The second-order valence-electron chi connectivity index (χ2n) is 4.78. The van der Waals surface area contributed by atoms with E-state index in [4.69, 9.17) is 23.2 Å². The molecule has 3 rings (SSSR count). The highest BCUT2D eigenvalue weighted by Gasteiger charge is 2.05. The van der Waals surface area contributed by atoms with Crippen LogP contribution in [0.3, 0.4) is 0 Å². The predicted molar refractivity (Wildman–Crippen MR) is 95.6 cm³/mol. The van der Waals surface area contributed by atoms with Crippen molar-refractivity contribution in [2.24, 2.45) is 4.99 Å². The minimum atomic E-state index is 0.591. The van der Waals surface area contributed by atoms with Gasteiger partial charge in [-0.05, 0) is 23.8 Å². The highest BCUT2D eigenvalue weighted by Crippen LogP contribution is 2.30. The summed E-state index contributed by atoms with van der Waals surface area (Å²) in [6.45, 7) is 0. The van der Waals surface area contributed by atoms with Crippen LogP contribution in [0.25, 0.3) is 11.1 Å². The van der Waals surface area contributed by atoms with Gasteiger partial charge < -0.3 is 0 Å². The average Bonchev–Trinajstić information content (AvgIpc) is 2.56. The molecule has 0 unspecified atom stereocenters. The van der Waals surface area contributed by atoms with Gasteiger partial charge in [0, 0.05) is 17.3 Å². The largest absolute Gasteiger partial charge is 0.256 e. The Bertz CT molecular complexity index is 790. The van der Waals surface area contributed by atoms with Crippen LogP contribution in [-0.4, -0.2) is 6.21 Å². The van der Waals surface area contributed by atoms with Crippen LogP contribution in [0, 0.1) is 0 Å². The smallest absolute Gasteiger partial charge is 0.0708 e. The summed E-state index contributed by atoms with van der Waals surface area (Å²) in [5, 5.41) is 1.18. The van der Waals surface area contributed by atoms with Crippen LogP contribution in [0.1, 0.15) is 5.56 Å². The zero-order valence-electron chi connectivity index (χ0n) is 11.7. The zero-order chi connectivity index (χ0) is 15.4. The molecule has 0 saturated heterocycles. The summed E-state index contributed by atoms with van der Waals surface area (Å²) in [4.78, 5) is 4.58. The summed E-state index contributed by atoms with van der Waals surface area (Å²) < 4.78 is 0. The van der Waals surface area contributed by atoms with Gasteiger partial charge in [0.05, 0.1) is 15.7 Å². The molecule has 1 nitrogen and oxygen atoms in total. The number of aliphatic imine (C=N–C) groups is 1. The van der Waals surface area contributed by atoms with Crippen molar-refractivity contribution in [1.29, 1.82) is 0 Å². The molecule has 3 heteroatoms. The Balaban J connectivity index is 2.02. The van der Waals surface area contributed by atoms with E-state index in [1.165, 1.54) is 0 Å². The van der Waals surface area contributed by atoms with E-state index in [0.29, 0.717) is 10.0 Å². The van der Waals surface area contributed by atoms with Gasteiger partial charge in [-0.25, -0.2) is 0 Å². The van der Waals surface area contributed by atoms with Crippen molar-refractivity contribution in [2.45, 2.75) is 0 Å². The Morgan fingerprint density at radius 3 is 2.05 bits per heavy atom. The second-order valence-corrected chi connectivity index (χ2v) is 5.59. The summed E-state index contributed by atoms with van der Waals surface area (Å²) in [5.74, 6) is 0. The fourth-order valence-electron chi connectivity index (χ4n) is 2.22. The summed E-state index contributed by atoms with van der Waals surface area (Å²) >= 11 is 12.4. The van der Waals surface area contributed by atoms with Gasteiger partial charge in [-0.3, -0.25) is 4.99 Å². The Labute approximate surface area is 139 Å². The summed E-state index contributed by atoms with van der Waals surface area (Å²) in [6.07, 6.45) is 1.71. The van der Waals surface area contributed by atoms with Gasteiger partial charge in [-0.1, -0.05) is 77.8 Å². The lowest BCUT2D eigenvalue weighted by molar-refractivity contribution is 1.51. The molecule has 0 aliphatic carbocycles. The molecule has 3 aromatic carbocycles. The quantitative estimate of drug-likeness (QED) is 0.493. The molecular formula is C19H13Cl2N. The SMILES string of the molecule is Clc1cccc(Cl)c1C=Nc1ccccc1-c1ccccc1. The van der Waals surface area contributed by atoms with E-state index in [9.17, 15) is 0 Å². The maximum absolute atomic E-state index is 6.18. The Kier molecular flexibility index (Phi) is 4.57. The number of hydrogen-bond donors (Lipinski definition) is 0. The molecule has 0 radical (unpaired) electrons. The first kappa shape index (κ1) is 14.8. The molecule has 0 spiro atoms. The number of hydrogen-bond acceptors (Lipinski definition) is 1. The third-order valence-corrected chi connectivity index (χ3v) is 3.98. The Hall–Kier alpha value is -2.09. The first-order chi connectivity index (χ1) is 10.8. The van der Waals surface area contributed by atoms with E-state index in [1.807, 2.05) is 42.5 Å². The summed E-state index contributed by atoms with van der Waals surface area (Å²) in [6, 6.07) is 23.6. The summed E-state index contributed by atoms with van der Waals surface area (Å²) in [7, 11) is 0. The van der Waals surface area contributed by atoms with Crippen molar-refractivity contribution in [3.63, 3.8) is 0 Å². The highest BCUT2D eigenvalue weighted by molar-refractivity contribution is 6.38. The average molecular weight is 326 g/mol. The monoisotopic (exact) mass is 325 g/mol. The fraction of sp³-hybridized carbons (Fsp3) is 0. The molecule has 0 atom stereocenters. The first-order valence-electron chi connectivity index (χ1n) is 6.88. The van der Waals surface area contributed by atoms with Crippen LogP contribution in [0.15, 0.2) is 77.8 Å². The minimum Gasteiger partial charge on any atom is -0.256 e. The van der Waals surface area contributed by atoms with Crippen molar-refractivity contribution < 1.29 is 0 Å². The third kappa shape index (κ3) is 3.22. The lowest BCUT2D eigenvalue weighted by Crippen LogP contribution is -1.85. The van der Waals surface area contributed by atoms with Gasteiger partial charge in [-0.2, -0.15) is 0 Å². The van der Waals surface area contributed by atoms with Crippen LogP contribution in [0.2, 0.25) is 10.0 Å². The highest BCUT2D eigenvalue weighted by atomic mass is 35.5. The van der Waals surface area contributed by atoms with E-state index in [0.717, 1.165) is 22.4 Å². The van der Waals surface area contributed by atoms with E-state index in [-0.39, 0.29) is 0 Å². The molecule has 0 N–H and O–H groups in total. The van der Waals surface area contributed by atoms with Crippen molar-refractivity contribution >= 4 is 35.1 Å². The number of para-hydroxylation sites is 1. The van der Waals surface area contributed by atoms with Gasteiger partial charge in [0.2, 0.25) is 0 Å². The lowest BCUT2D eigenvalue weighted by Gasteiger charge is -2.06. The second kappa shape index (κ2) is 6.78. The molecule has 108 valence electrons. The molecule has 0 aliphatic heterocycles. The molecule has 3 aromatic rings. The van der Waals surface area contributed by atoms with Crippen LogP contribution in [0.4, 0.5) is 5.69 Å². The summed E-state index contributed by atoms with van der Waals surface area (Å²) in [5.41, 5.74) is 3.81. The maximum atomic E-state index is 6.18. The van der Waals surface area contributed by atoms with Crippen molar-refractivity contribution in [2.75, 3.05) is 0 Å². The Morgan fingerprint density at radius 2 is 1.32 bits per heavy atom. The molecule has 0 fully saturated rings. The van der Waals surface area contributed by atoms with Gasteiger partial charge >= 0.3 is 0 Å². The van der Waals surface area contributed by atoms with Gasteiger partial charge in [0.25, 0.3) is 0 Å². The molecule has 0 heterocycles. The van der Waals surface area contributed by atoms with Crippen LogP contribution >= 0.6 is 23.2 Å². The normalized spacial score (nSPS) is 11.0. The zero-order valence-corrected chi connectivity index (χ0v) is 13.2. The fourth-order valence-corrected chi connectivity index (χ4v) is 2.71. The van der Waals surface area contributed by atoms with Crippen LogP contribution in [-0.2, 0) is 0 Å². The standard InChI is InChI=1S/C19H13Cl2N/c20-17-10-6-11-18(21)16(17)13-22-19-12-5-4-9-15(19)14-7-2-1-3-8-14/h1-13H. The number of nitrogens with zero attached hydrogens (tertiary/aromatic N) is 1. The van der Waals surface area contributed by atoms with Gasteiger partial charge in [0.1, 0.15) is 0 Å². The van der Waals surface area contributed by atoms with E-state index in [2.05, 4.69) is 23.2 Å². The molecule has 0 saturated carbocycles. The van der Waals surface area contributed by atoms with Gasteiger partial charge in [-0.15, -0.1) is 0 Å². The van der Waals surface area contributed by atoms with Crippen molar-refractivity contribution in [1.82, 2.24) is 0 Å². The third-order valence-electron chi connectivity index (χ3n) is 3.32. The molecule has 0 aromatic heterocycles. The van der Waals surface area contributed by atoms with Crippen LogP contribution < -0.4 is 0 Å². The van der Waals surface area contributed by atoms with Crippen molar-refractivity contribution in [3.05, 3.63) is 88.4 Å². The lowest BCUT2D eigenvalue weighted by atomic mass is 10.0. The van der Waals surface area contributed by atoms with Gasteiger partial charge in [0.15, 0.2) is 0 Å². The topological polar surface area (TPSA) is 12.4 Å².